The SMILES string of the molecule is C=C(NCCc1ccc(N(C)C)cc1)c1ccc(F)cc1C(=O)N1CCC(Oc2ccc(N(C)C)cn2)CC1. The number of carbonyl (C=O) groups is 1. The summed E-state index contributed by atoms with van der Waals surface area (Å²) in [5.74, 6) is -0.0613. The first kappa shape index (κ1) is 28.0. The van der Waals surface area contributed by atoms with E-state index in [2.05, 4.69) is 46.0 Å². The molecule has 0 aliphatic carbocycles. The van der Waals surface area contributed by atoms with Gasteiger partial charge in [0.15, 0.2) is 0 Å². The van der Waals surface area contributed by atoms with Crippen molar-refractivity contribution in [1.29, 1.82) is 0 Å². The molecule has 0 radical (unpaired) electrons. The summed E-state index contributed by atoms with van der Waals surface area (Å²) in [7, 11) is 7.96. The molecule has 0 atom stereocenters. The molecule has 39 heavy (non-hydrogen) atoms. The zero-order valence-electron chi connectivity index (χ0n) is 23.3. The lowest BCUT2D eigenvalue weighted by Gasteiger charge is -2.32. The van der Waals surface area contributed by atoms with Crippen molar-refractivity contribution in [3.63, 3.8) is 0 Å². The van der Waals surface area contributed by atoms with Crippen LogP contribution in [0.15, 0.2) is 67.4 Å². The van der Waals surface area contributed by atoms with E-state index in [0.717, 1.165) is 17.8 Å². The van der Waals surface area contributed by atoms with Crippen molar-refractivity contribution in [3.05, 3.63) is 89.9 Å². The Balaban J connectivity index is 1.33. The molecular weight excluding hydrogens is 493 g/mol. The van der Waals surface area contributed by atoms with Gasteiger partial charge >= 0.3 is 0 Å². The number of nitrogens with zero attached hydrogens (tertiary/aromatic N) is 4. The Kier molecular flexibility index (Phi) is 9.07. The molecule has 0 unspecified atom stereocenters. The van der Waals surface area contributed by atoms with Crippen molar-refractivity contribution in [1.82, 2.24) is 15.2 Å². The van der Waals surface area contributed by atoms with Gasteiger partial charge in [0.05, 0.1) is 17.4 Å². The minimum absolute atomic E-state index is 0.0258. The fraction of sp³-hybridized carbons (Fsp3) is 0.355. The van der Waals surface area contributed by atoms with Gasteiger partial charge in [0.1, 0.15) is 11.9 Å². The predicted molar refractivity (Wildman–Crippen MR) is 156 cm³/mol. The third-order valence-electron chi connectivity index (χ3n) is 7.00. The number of rotatable bonds is 10. The summed E-state index contributed by atoms with van der Waals surface area (Å²) >= 11 is 0. The van der Waals surface area contributed by atoms with E-state index in [4.69, 9.17) is 4.74 Å². The van der Waals surface area contributed by atoms with Crippen LogP contribution < -0.4 is 19.9 Å². The Hall–Kier alpha value is -4.07. The van der Waals surface area contributed by atoms with Crippen LogP contribution in [0.25, 0.3) is 5.70 Å². The molecule has 4 rings (SSSR count). The lowest BCUT2D eigenvalue weighted by atomic mass is 10.0. The number of halogens is 1. The number of likely N-dealkylation sites (tertiary alicyclic amines) is 1. The van der Waals surface area contributed by atoms with Gasteiger partial charge in [0.2, 0.25) is 5.88 Å². The topological polar surface area (TPSA) is 60.9 Å². The number of carbonyl (C=O) groups excluding carboxylic acids is 1. The van der Waals surface area contributed by atoms with Crippen molar-refractivity contribution < 1.29 is 13.9 Å². The molecule has 206 valence electrons. The average molecular weight is 532 g/mol. The molecule has 1 N–H and O–H groups in total. The Morgan fingerprint density at radius 3 is 2.28 bits per heavy atom. The van der Waals surface area contributed by atoms with E-state index < -0.39 is 5.82 Å². The van der Waals surface area contributed by atoms with Crippen LogP contribution in [0.2, 0.25) is 0 Å². The van der Waals surface area contributed by atoms with Gasteiger partial charge in [-0.25, -0.2) is 9.37 Å². The fourth-order valence-corrected chi connectivity index (χ4v) is 4.59. The first-order chi connectivity index (χ1) is 18.7. The van der Waals surface area contributed by atoms with E-state index in [1.54, 1.807) is 17.2 Å². The molecule has 7 nitrogen and oxygen atoms in total. The molecule has 0 bridgehead atoms. The van der Waals surface area contributed by atoms with Crippen LogP contribution in [0.3, 0.4) is 0 Å². The lowest BCUT2D eigenvalue weighted by Crippen LogP contribution is -2.42. The number of hydrogen-bond donors (Lipinski definition) is 1. The van der Waals surface area contributed by atoms with Gasteiger partial charge in [0.25, 0.3) is 5.91 Å². The maximum atomic E-state index is 14.2. The van der Waals surface area contributed by atoms with Crippen molar-refractivity contribution in [2.75, 3.05) is 57.6 Å². The maximum Gasteiger partial charge on any atom is 0.254 e. The third-order valence-corrected chi connectivity index (χ3v) is 7.00. The van der Waals surface area contributed by atoms with Crippen molar-refractivity contribution in [3.8, 4) is 5.88 Å². The molecule has 1 fully saturated rings. The molecule has 3 aromatic rings. The molecule has 2 aromatic carbocycles. The highest BCUT2D eigenvalue weighted by Gasteiger charge is 2.27. The first-order valence-electron chi connectivity index (χ1n) is 13.3. The number of ether oxygens (including phenoxy) is 1. The molecule has 1 saturated heterocycles. The highest BCUT2D eigenvalue weighted by Crippen LogP contribution is 2.24. The minimum atomic E-state index is -0.443. The van der Waals surface area contributed by atoms with Gasteiger partial charge < -0.3 is 24.8 Å². The third kappa shape index (κ3) is 7.28. The van der Waals surface area contributed by atoms with Crippen LogP contribution >= 0.6 is 0 Å². The Morgan fingerprint density at radius 2 is 1.67 bits per heavy atom. The summed E-state index contributed by atoms with van der Waals surface area (Å²) < 4.78 is 20.3. The zero-order chi connectivity index (χ0) is 27.9. The Morgan fingerprint density at radius 1 is 1.00 bits per heavy atom. The van der Waals surface area contributed by atoms with E-state index >= 15 is 0 Å². The number of amides is 1. The monoisotopic (exact) mass is 531 g/mol. The van der Waals surface area contributed by atoms with Gasteiger partial charge in [-0.15, -0.1) is 0 Å². The molecule has 1 aliphatic rings. The molecule has 2 heterocycles. The summed E-state index contributed by atoms with van der Waals surface area (Å²) in [5, 5.41) is 3.32. The summed E-state index contributed by atoms with van der Waals surface area (Å²) in [6.07, 6.45) is 3.92. The number of pyridine rings is 1. The largest absolute Gasteiger partial charge is 0.474 e. The summed E-state index contributed by atoms with van der Waals surface area (Å²) in [5.41, 5.74) is 4.90. The van der Waals surface area contributed by atoms with Crippen LogP contribution in [0.1, 0.15) is 34.3 Å². The van der Waals surface area contributed by atoms with Gasteiger partial charge in [-0.3, -0.25) is 4.79 Å². The highest BCUT2D eigenvalue weighted by atomic mass is 19.1. The van der Waals surface area contributed by atoms with Crippen LogP contribution in [0, 0.1) is 5.82 Å². The first-order valence-corrected chi connectivity index (χ1v) is 13.3. The van der Waals surface area contributed by atoms with Crippen LogP contribution in [0.4, 0.5) is 15.8 Å². The average Bonchev–Trinajstić information content (AvgIpc) is 2.93. The maximum absolute atomic E-state index is 14.2. The van der Waals surface area contributed by atoms with Crippen molar-refractivity contribution >= 4 is 23.0 Å². The van der Waals surface area contributed by atoms with E-state index in [-0.39, 0.29) is 12.0 Å². The van der Waals surface area contributed by atoms with Crippen molar-refractivity contribution in [2.24, 2.45) is 0 Å². The molecule has 1 amide bonds. The molecule has 0 saturated carbocycles. The number of piperidine rings is 1. The van der Waals surface area contributed by atoms with E-state index in [9.17, 15) is 9.18 Å². The van der Waals surface area contributed by atoms with Crippen LogP contribution in [-0.2, 0) is 6.42 Å². The van der Waals surface area contributed by atoms with Crippen molar-refractivity contribution in [2.45, 2.75) is 25.4 Å². The summed E-state index contributed by atoms with van der Waals surface area (Å²) in [6.45, 7) is 5.85. The normalized spacial score (nSPS) is 13.6. The zero-order valence-corrected chi connectivity index (χ0v) is 23.3. The number of hydrogen-bond acceptors (Lipinski definition) is 6. The second kappa shape index (κ2) is 12.7. The predicted octanol–water partition coefficient (Wildman–Crippen LogP) is 4.84. The summed E-state index contributed by atoms with van der Waals surface area (Å²) in [6, 6.07) is 16.5. The van der Waals surface area contributed by atoms with E-state index in [0.29, 0.717) is 55.2 Å². The number of nitrogens with one attached hydrogen (secondary N) is 1. The molecular formula is C31H38FN5O2. The van der Waals surface area contributed by atoms with Gasteiger partial charge in [0, 0.05) is 83.7 Å². The number of benzene rings is 2. The quantitative estimate of drug-likeness (QED) is 0.404. The highest BCUT2D eigenvalue weighted by molar-refractivity contribution is 5.99. The van der Waals surface area contributed by atoms with E-state index in [1.165, 1.54) is 17.7 Å². The Labute approximate surface area is 230 Å². The second-order valence-electron chi connectivity index (χ2n) is 10.3. The minimum Gasteiger partial charge on any atom is -0.474 e. The number of aromatic nitrogens is 1. The molecule has 0 spiro atoms. The van der Waals surface area contributed by atoms with Gasteiger partial charge in [-0.1, -0.05) is 18.7 Å². The standard InChI is InChI=1S/C31H38FN5O2/c1-22(33-17-14-23-6-9-25(10-7-23)35(2)3)28-12-8-24(32)20-29(28)31(38)37-18-15-27(16-19-37)39-30-13-11-26(21-34-30)36(4)5/h6-13,20-21,27,33H,1,14-19H2,2-5H3. The van der Waals surface area contributed by atoms with Gasteiger partial charge in [-0.2, -0.15) is 0 Å². The lowest BCUT2D eigenvalue weighted by molar-refractivity contribution is 0.0587. The fourth-order valence-electron chi connectivity index (χ4n) is 4.59. The smallest absolute Gasteiger partial charge is 0.254 e. The van der Waals surface area contributed by atoms with E-state index in [1.807, 2.05) is 45.2 Å². The summed E-state index contributed by atoms with van der Waals surface area (Å²) in [4.78, 5) is 23.6. The van der Waals surface area contributed by atoms with Crippen LogP contribution in [-0.4, -0.2) is 69.7 Å². The Bertz CT molecular complexity index is 1270. The van der Waals surface area contributed by atoms with Crippen LogP contribution in [0.5, 0.6) is 5.88 Å². The van der Waals surface area contributed by atoms with Gasteiger partial charge in [-0.05, 0) is 48.4 Å². The molecule has 8 heteroatoms. The molecule has 1 aliphatic heterocycles. The molecule has 1 aromatic heterocycles. The number of anilines is 2. The second-order valence-corrected chi connectivity index (χ2v) is 10.3.